The van der Waals surface area contributed by atoms with Crippen molar-refractivity contribution in [2.75, 3.05) is 5.32 Å². The normalized spacial score (nSPS) is 10.6. The van der Waals surface area contributed by atoms with Gasteiger partial charge in [0.05, 0.1) is 4.47 Å². The molecule has 5 heteroatoms. The summed E-state index contributed by atoms with van der Waals surface area (Å²) < 4.78 is 13.6. The highest BCUT2D eigenvalue weighted by Gasteiger charge is 2.02. The smallest absolute Gasteiger partial charge is 0.224 e. The molecule has 1 amide bonds. The maximum atomic E-state index is 13.2. The molecule has 0 saturated carbocycles. The molecule has 0 heterocycles. The highest BCUT2D eigenvalue weighted by molar-refractivity contribution is 9.10. The monoisotopic (exact) mass is 378 g/mol. The van der Waals surface area contributed by atoms with E-state index in [-0.39, 0.29) is 11.7 Å². The molecule has 0 spiro atoms. The molecule has 2 aromatic carbocycles. The number of halogens is 2. The van der Waals surface area contributed by atoms with Gasteiger partial charge in [0.2, 0.25) is 5.91 Å². The summed E-state index contributed by atoms with van der Waals surface area (Å²) in [4.78, 5) is 11.5. The van der Waals surface area contributed by atoms with Crippen molar-refractivity contribution in [3.05, 3.63) is 63.9 Å². The van der Waals surface area contributed by atoms with E-state index in [1.165, 1.54) is 6.07 Å². The van der Waals surface area contributed by atoms with Crippen LogP contribution < -0.4 is 10.6 Å². The predicted molar refractivity (Wildman–Crippen MR) is 94.6 cm³/mol. The largest absolute Gasteiger partial charge is 0.326 e. The van der Waals surface area contributed by atoms with E-state index < -0.39 is 0 Å². The molecular formula is C18H20BrFN2O. The lowest BCUT2D eigenvalue weighted by Crippen LogP contribution is -2.13. The van der Waals surface area contributed by atoms with E-state index in [0.717, 1.165) is 23.2 Å². The number of rotatable bonds is 7. The molecular weight excluding hydrogens is 359 g/mol. The molecule has 0 unspecified atom stereocenters. The second-order valence-electron chi connectivity index (χ2n) is 5.35. The highest BCUT2D eigenvalue weighted by Crippen LogP contribution is 2.17. The van der Waals surface area contributed by atoms with Gasteiger partial charge in [-0.2, -0.15) is 0 Å². The topological polar surface area (TPSA) is 41.1 Å². The summed E-state index contributed by atoms with van der Waals surface area (Å²) >= 11 is 3.18. The summed E-state index contributed by atoms with van der Waals surface area (Å²) in [6.45, 7) is 3.35. The average molecular weight is 379 g/mol. The van der Waals surface area contributed by atoms with Gasteiger partial charge in [-0.05, 0) is 57.7 Å². The number of benzene rings is 2. The molecule has 0 aliphatic carbocycles. The lowest BCUT2D eigenvalue weighted by atomic mass is 10.2. The Morgan fingerprint density at radius 1 is 1.09 bits per heavy atom. The third-order valence-corrected chi connectivity index (χ3v) is 3.96. The minimum atomic E-state index is -0.255. The molecule has 0 aromatic heterocycles. The number of anilines is 1. The van der Waals surface area contributed by atoms with E-state index in [1.54, 1.807) is 12.1 Å². The van der Waals surface area contributed by atoms with E-state index >= 15 is 0 Å². The molecule has 0 saturated heterocycles. The first-order valence-corrected chi connectivity index (χ1v) is 8.41. The zero-order chi connectivity index (χ0) is 16.7. The van der Waals surface area contributed by atoms with Crippen molar-refractivity contribution in [3.63, 3.8) is 0 Å². The quantitative estimate of drug-likeness (QED) is 0.737. The van der Waals surface area contributed by atoms with Crippen LogP contribution in [0.4, 0.5) is 10.1 Å². The molecule has 0 aliphatic rings. The molecule has 3 nitrogen and oxygen atoms in total. The van der Waals surface area contributed by atoms with Gasteiger partial charge in [0.1, 0.15) is 5.82 Å². The van der Waals surface area contributed by atoms with Crippen LogP contribution in [0.15, 0.2) is 46.9 Å². The summed E-state index contributed by atoms with van der Waals surface area (Å²) in [6, 6.07) is 12.8. The van der Waals surface area contributed by atoms with Crippen LogP contribution in [-0.2, 0) is 17.9 Å². The third kappa shape index (κ3) is 5.77. The van der Waals surface area contributed by atoms with Gasteiger partial charge < -0.3 is 10.6 Å². The van der Waals surface area contributed by atoms with Crippen LogP contribution in [0, 0.1) is 5.82 Å². The number of hydrogen-bond donors (Lipinski definition) is 2. The average Bonchev–Trinajstić information content (AvgIpc) is 2.53. The summed E-state index contributed by atoms with van der Waals surface area (Å²) in [7, 11) is 0. The van der Waals surface area contributed by atoms with Crippen molar-refractivity contribution in [2.24, 2.45) is 0 Å². The highest BCUT2D eigenvalue weighted by atomic mass is 79.9. The van der Waals surface area contributed by atoms with Crippen LogP contribution in [0.2, 0.25) is 0 Å². The standard InChI is InChI=1S/C18H20BrFN2O/c1-2-3-18(23)22-15-7-4-13(5-8-15)11-21-12-14-6-9-17(20)16(19)10-14/h4-10,21H,2-3,11-12H2,1H3,(H,22,23). The second kappa shape index (κ2) is 8.79. The molecule has 0 radical (unpaired) electrons. The Bertz CT molecular complexity index is 659. The van der Waals surface area contributed by atoms with Gasteiger partial charge in [-0.15, -0.1) is 0 Å². The Labute approximate surface area is 144 Å². The minimum Gasteiger partial charge on any atom is -0.326 e. The Hall–Kier alpha value is -1.72. The van der Waals surface area contributed by atoms with Crippen molar-refractivity contribution in [1.29, 1.82) is 0 Å². The van der Waals surface area contributed by atoms with Crippen molar-refractivity contribution in [2.45, 2.75) is 32.9 Å². The summed E-state index contributed by atoms with van der Waals surface area (Å²) in [6.07, 6.45) is 1.38. The number of hydrogen-bond acceptors (Lipinski definition) is 2. The first-order valence-electron chi connectivity index (χ1n) is 7.62. The van der Waals surface area contributed by atoms with Gasteiger partial charge in [-0.25, -0.2) is 4.39 Å². The second-order valence-corrected chi connectivity index (χ2v) is 6.20. The number of amides is 1. The molecule has 23 heavy (non-hydrogen) atoms. The Kier molecular flexibility index (Phi) is 6.74. The number of carbonyl (C=O) groups is 1. The van der Waals surface area contributed by atoms with Crippen molar-refractivity contribution in [1.82, 2.24) is 5.32 Å². The van der Waals surface area contributed by atoms with E-state index in [4.69, 9.17) is 0 Å². The first-order chi connectivity index (χ1) is 11.1. The van der Waals surface area contributed by atoms with Crippen LogP contribution >= 0.6 is 15.9 Å². The van der Waals surface area contributed by atoms with Crippen LogP contribution in [0.1, 0.15) is 30.9 Å². The fourth-order valence-corrected chi connectivity index (χ4v) is 2.58. The fourth-order valence-electron chi connectivity index (χ4n) is 2.16. The fraction of sp³-hybridized carbons (Fsp3) is 0.278. The maximum Gasteiger partial charge on any atom is 0.224 e. The molecule has 0 aliphatic heterocycles. The van der Waals surface area contributed by atoms with Crippen molar-refractivity contribution in [3.8, 4) is 0 Å². The van der Waals surface area contributed by atoms with Crippen molar-refractivity contribution >= 4 is 27.5 Å². The molecule has 2 aromatic rings. The SMILES string of the molecule is CCCC(=O)Nc1ccc(CNCc2ccc(F)c(Br)c2)cc1. The van der Waals surface area contributed by atoms with E-state index in [9.17, 15) is 9.18 Å². The van der Waals surface area contributed by atoms with Crippen LogP contribution in [0.5, 0.6) is 0 Å². The third-order valence-electron chi connectivity index (χ3n) is 3.36. The molecule has 0 bridgehead atoms. The van der Waals surface area contributed by atoms with Crippen LogP contribution in [0.3, 0.4) is 0 Å². The Balaban J connectivity index is 1.81. The first kappa shape index (κ1) is 17.6. The molecule has 2 rings (SSSR count). The summed E-state index contributed by atoms with van der Waals surface area (Å²) in [5.41, 5.74) is 2.95. The zero-order valence-electron chi connectivity index (χ0n) is 13.0. The number of nitrogens with one attached hydrogen (secondary N) is 2. The predicted octanol–water partition coefficient (Wildman–Crippen LogP) is 4.62. The van der Waals surface area contributed by atoms with Crippen LogP contribution in [0.25, 0.3) is 0 Å². The lowest BCUT2D eigenvalue weighted by Gasteiger charge is -2.08. The maximum absolute atomic E-state index is 13.2. The molecule has 2 N–H and O–H groups in total. The van der Waals surface area contributed by atoms with Gasteiger partial charge in [0.15, 0.2) is 0 Å². The Morgan fingerprint density at radius 3 is 2.39 bits per heavy atom. The van der Waals surface area contributed by atoms with Crippen molar-refractivity contribution < 1.29 is 9.18 Å². The lowest BCUT2D eigenvalue weighted by molar-refractivity contribution is -0.116. The van der Waals surface area contributed by atoms with E-state index in [2.05, 4.69) is 26.6 Å². The van der Waals surface area contributed by atoms with Gasteiger partial charge in [0.25, 0.3) is 0 Å². The molecule has 122 valence electrons. The molecule has 0 fully saturated rings. The Morgan fingerprint density at radius 2 is 1.74 bits per heavy atom. The summed E-state index contributed by atoms with van der Waals surface area (Å²) in [5.74, 6) is -0.213. The number of carbonyl (C=O) groups excluding carboxylic acids is 1. The zero-order valence-corrected chi connectivity index (χ0v) is 14.6. The molecule has 0 atom stereocenters. The van der Waals surface area contributed by atoms with Gasteiger partial charge >= 0.3 is 0 Å². The van der Waals surface area contributed by atoms with Gasteiger partial charge in [-0.1, -0.05) is 25.1 Å². The summed E-state index contributed by atoms with van der Waals surface area (Å²) in [5, 5.41) is 6.18. The minimum absolute atomic E-state index is 0.0419. The van der Waals surface area contributed by atoms with E-state index in [1.807, 2.05) is 31.2 Å². The van der Waals surface area contributed by atoms with Gasteiger partial charge in [0, 0.05) is 25.2 Å². The van der Waals surface area contributed by atoms with Crippen LogP contribution in [-0.4, -0.2) is 5.91 Å². The van der Waals surface area contributed by atoms with E-state index in [0.29, 0.717) is 24.0 Å². The van der Waals surface area contributed by atoms with Gasteiger partial charge in [-0.3, -0.25) is 4.79 Å².